The minimum absolute atomic E-state index is 0.00419. The van der Waals surface area contributed by atoms with Gasteiger partial charge in [-0.25, -0.2) is 8.78 Å². The molecule has 0 aliphatic heterocycles. The van der Waals surface area contributed by atoms with Crippen LogP contribution in [0.3, 0.4) is 0 Å². The van der Waals surface area contributed by atoms with Gasteiger partial charge in [0.05, 0.1) is 17.8 Å². The number of carboxylic acids is 1. The van der Waals surface area contributed by atoms with Crippen molar-refractivity contribution in [2.45, 2.75) is 37.8 Å². The highest BCUT2D eigenvalue weighted by Crippen LogP contribution is 2.36. The van der Waals surface area contributed by atoms with Gasteiger partial charge in [0.1, 0.15) is 17.4 Å². The number of aromatic nitrogens is 1. The monoisotopic (exact) mass is 386 g/mol. The highest BCUT2D eigenvalue weighted by Gasteiger charge is 2.37. The Morgan fingerprint density at radius 2 is 2.11 bits per heavy atom. The van der Waals surface area contributed by atoms with E-state index in [1.165, 1.54) is 12.3 Å². The van der Waals surface area contributed by atoms with Crippen molar-refractivity contribution in [2.75, 3.05) is 18.4 Å². The Kier molecular flexibility index (Phi) is 4.85. The maximum absolute atomic E-state index is 14.0. The van der Waals surface area contributed by atoms with Crippen molar-refractivity contribution < 1.29 is 18.7 Å². The average Bonchev–Trinajstić information content (AvgIpc) is 3.40. The third kappa shape index (κ3) is 3.76. The van der Waals surface area contributed by atoms with Crippen molar-refractivity contribution in [3.63, 3.8) is 0 Å². The van der Waals surface area contributed by atoms with Crippen LogP contribution in [-0.2, 0) is 4.79 Å². The third-order valence-corrected chi connectivity index (χ3v) is 5.52. The first-order valence-corrected chi connectivity index (χ1v) is 9.35. The third-order valence-electron chi connectivity index (χ3n) is 5.52. The standard InChI is InChI=1S/C20H20F2N4O2/c21-13-3-16-19(12(7-23)8-24-20(16)17(22)4-13)25-14-5-15(6-14)26(10-18(27)28)9-11-1-2-11/h3-4,8,11,14-15H,1-2,5-6,9-10H2,(H,24,25)(H,27,28). The van der Waals surface area contributed by atoms with Crippen LogP contribution in [0.1, 0.15) is 31.2 Å². The minimum atomic E-state index is -0.838. The van der Waals surface area contributed by atoms with Crippen LogP contribution in [0.25, 0.3) is 10.9 Å². The molecule has 8 heteroatoms. The van der Waals surface area contributed by atoms with Gasteiger partial charge in [0.2, 0.25) is 0 Å². The second-order valence-electron chi connectivity index (χ2n) is 7.68. The van der Waals surface area contributed by atoms with Gasteiger partial charge in [0.25, 0.3) is 0 Å². The van der Waals surface area contributed by atoms with Crippen LogP contribution in [0, 0.1) is 28.9 Å². The number of aliphatic carboxylic acids is 1. The lowest BCUT2D eigenvalue weighted by molar-refractivity contribution is -0.139. The molecule has 0 radical (unpaired) electrons. The lowest BCUT2D eigenvalue weighted by Gasteiger charge is -2.43. The van der Waals surface area contributed by atoms with Crippen LogP contribution >= 0.6 is 0 Å². The topological polar surface area (TPSA) is 89.3 Å². The predicted octanol–water partition coefficient (Wildman–Crippen LogP) is 3.12. The molecule has 0 saturated heterocycles. The van der Waals surface area contributed by atoms with E-state index in [0.29, 0.717) is 24.4 Å². The van der Waals surface area contributed by atoms with Crippen molar-refractivity contribution in [3.05, 3.63) is 35.5 Å². The molecule has 28 heavy (non-hydrogen) atoms. The lowest BCUT2D eigenvalue weighted by atomic mass is 9.84. The molecule has 0 bridgehead atoms. The van der Waals surface area contributed by atoms with E-state index in [0.717, 1.165) is 25.5 Å². The summed E-state index contributed by atoms with van der Waals surface area (Å²) in [5.41, 5.74) is 0.614. The van der Waals surface area contributed by atoms with Gasteiger partial charge >= 0.3 is 5.97 Å². The number of rotatable bonds is 7. The Balaban J connectivity index is 1.51. The van der Waals surface area contributed by atoms with Crippen LogP contribution in [0.5, 0.6) is 0 Å². The van der Waals surface area contributed by atoms with E-state index in [2.05, 4.69) is 10.3 Å². The zero-order valence-electron chi connectivity index (χ0n) is 15.2. The number of nitrogens with one attached hydrogen (secondary N) is 1. The minimum Gasteiger partial charge on any atom is -0.480 e. The predicted molar refractivity (Wildman–Crippen MR) is 98.7 cm³/mol. The molecule has 1 aromatic heterocycles. The molecule has 6 nitrogen and oxygen atoms in total. The van der Waals surface area contributed by atoms with Crippen molar-refractivity contribution in [2.24, 2.45) is 5.92 Å². The summed E-state index contributed by atoms with van der Waals surface area (Å²) in [5.74, 6) is -1.75. The van der Waals surface area contributed by atoms with Gasteiger partial charge in [-0.3, -0.25) is 14.7 Å². The molecule has 0 atom stereocenters. The van der Waals surface area contributed by atoms with Gasteiger partial charge in [0.15, 0.2) is 5.82 Å². The fourth-order valence-corrected chi connectivity index (χ4v) is 3.82. The number of carboxylic acid groups (broad SMARTS) is 1. The van der Waals surface area contributed by atoms with E-state index in [9.17, 15) is 18.8 Å². The van der Waals surface area contributed by atoms with Crippen LogP contribution in [0.15, 0.2) is 18.3 Å². The number of hydrogen-bond donors (Lipinski definition) is 2. The highest BCUT2D eigenvalue weighted by molar-refractivity contribution is 5.94. The number of benzene rings is 1. The summed E-state index contributed by atoms with van der Waals surface area (Å²) in [5, 5.41) is 22.0. The van der Waals surface area contributed by atoms with Crippen LogP contribution in [-0.4, -0.2) is 46.1 Å². The number of nitrogens with zero attached hydrogens (tertiary/aromatic N) is 3. The van der Waals surface area contributed by atoms with Gasteiger partial charge < -0.3 is 10.4 Å². The molecule has 2 aromatic rings. The molecule has 146 valence electrons. The van der Waals surface area contributed by atoms with E-state index in [1.807, 2.05) is 11.0 Å². The smallest absolute Gasteiger partial charge is 0.317 e. The van der Waals surface area contributed by atoms with Gasteiger partial charge in [-0.15, -0.1) is 0 Å². The summed E-state index contributed by atoms with van der Waals surface area (Å²) in [6.45, 7) is 0.813. The Morgan fingerprint density at radius 3 is 2.75 bits per heavy atom. The molecule has 2 N–H and O–H groups in total. The number of hydrogen-bond acceptors (Lipinski definition) is 5. The summed E-state index contributed by atoms with van der Waals surface area (Å²) < 4.78 is 27.8. The van der Waals surface area contributed by atoms with E-state index in [4.69, 9.17) is 5.11 Å². The summed E-state index contributed by atoms with van der Waals surface area (Å²) in [6, 6.07) is 4.12. The van der Waals surface area contributed by atoms with Gasteiger partial charge in [-0.05, 0) is 37.7 Å². The maximum Gasteiger partial charge on any atom is 0.317 e. The normalized spacial score (nSPS) is 21.4. The summed E-state index contributed by atoms with van der Waals surface area (Å²) in [6.07, 6.45) is 5.01. The van der Waals surface area contributed by atoms with Gasteiger partial charge in [-0.1, -0.05) is 0 Å². The number of pyridine rings is 1. The average molecular weight is 386 g/mol. The quantitative estimate of drug-likeness (QED) is 0.760. The van der Waals surface area contributed by atoms with E-state index in [-0.39, 0.29) is 35.1 Å². The number of nitriles is 1. The van der Waals surface area contributed by atoms with E-state index in [1.54, 1.807) is 0 Å². The molecule has 1 aromatic carbocycles. The molecule has 4 rings (SSSR count). The van der Waals surface area contributed by atoms with Gasteiger partial charge in [-0.2, -0.15) is 5.26 Å². The molecule has 2 aliphatic rings. The zero-order chi connectivity index (χ0) is 19.8. The molecule has 0 amide bonds. The first-order chi connectivity index (χ1) is 13.4. The molecular formula is C20H20F2N4O2. The summed E-state index contributed by atoms with van der Waals surface area (Å²) in [7, 11) is 0. The molecule has 0 unspecified atom stereocenters. The lowest BCUT2D eigenvalue weighted by Crippen LogP contribution is -2.52. The Labute approximate surface area is 160 Å². The second-order valence-corrected chi connectivity index (χ2v) is 7.68. The molecule has 2 aliphatic carbocycles. The maximum atomic E-state index is 14.0. The van der Waals surface area contributed by atoms with E-state index < -0.39 is 17.6 Å². The first kappa shape index (κ1) is 18.6. The molecular weight excluding hydrogens is 366 g/mol. The largest absolute Gasteiger partial charge is 0.480 e. The Morgan fingerprint density at radius 1 is 1.36 bits per heavy atom. The molecule has 2 fully saturated rings. The van der Waals surface area contributed by atoms with Crippen molar-refractivity contribution >= 4 is 22.6 Å². The zero-order valence-corrected chi connectivity index (χ0v) is 15.2. The Hall–Kier alpha value is -2.79. The number of fused-ring (bicyclic) bond motifs is 1. The summed E-state index contributed by atoms with van der Waals surface area (Å²) >= 11 is 0. The molecule has 0 spiro atoms. The van der Waals surface area contributed by atoms with Crippen LogP contribution in [0.2, 0.25) is 0 Å². The SMILES string of the molecule is N#Cc1cnc2c(F)cc(F)cc2c1NC1CC(N(CC(=O)O)CC2CC2)C1. The molecule has 1 heterocycles. The molecule has 2 saturated carbocycles. The van der Waals surface area contributed by atoms with Crippen LogP contribution in [0.4, 0.5) is 14.5 Å². The van der Waals surface area contributed by atoms with E-state index >= 15 is 0 Å². The fourth-order valence-electron chi connectivity index (χ4n) is 3.82. The van der Waals surface area contributed by atoms with Crippen molar-refractivity contribution in [1.82, 2.24) is 9.88 Å². The number of anilines is 1. The van der Waals surface area contributed by atoms with Gasteiger partial charge in [0, 0.05) is 36.3 Å². The Bertz CT molecular complexity index is 965. The van der Waals surface area contributed by atoms with Crippen molar-refractivity contribution in [1.29, 1.82) is 5.26 Å². The summed E-state index contributed by atoms with van der Waals surface area (Å²) in [4.78, 5) is 17.1. The highest BCUT2D eigenvalue weighted by atomic mass is 19.1. The first-order valence-electron chi connectivity index (χ1n) is 9.35. The van der Waals surface area contributed by atoms with Crippen LogP contribution < -0.4 is 5.32 Å². The second kappa shape index (κ2) is 7.32. The number of carbonyl (C=O) groups is 1. The van der Waals surface area contributed by atoms with Crippen molar-refractivity contribution in [3.8, 4) is 6.07 Å². The number of halogens is 2. The fraction of sp³-hybridized carbons (Fsp3) is 0.450.